The number of nitrogens with two attached hydrogens (primary N) is 1. The maximum absolute atomic E-state index is 12.3. The highest BCUT2D eigenvalue weighted by Gasteiger charge is 2.17. The lowest BCUT2D eigenvalue weighted by Crippen LogP contribution is -2.24. The van der Waals surface area contributed by atoms with Crippen molar-refractivity contribution in [3.05, 3.63) is 70.4 Å². The lowest BCUT2D eigenvalue weighted by atomic mass is 10.2. The highest BCUT2D eigenvalue weighted by molar-refractivity contribution is 6.30. The SMILES string of the molecule is COc1ccc(CNC(=O)c2nnn(Cc3cccc(Cl)c3)c2N)cc1. The van der Waals surface area contributed by atoms with Crippen LogP contribution < -0.4 is 15.8 Å². The number of nitrogens with zero attached hydrogens (tertiary/aromatic N) is 3. The van der Waals surface area contributed by atoms with E-state index in [0.29, 0.717) is 18.1 Å². The lowest BCUT2D eigenvalue weighted by molar-refractivity contribution is 0.0946. The molecular formula is C18H18ClN5O2. The van der Waals surface area contributed by atoms with Crippen LogP contribution in [0, 0.1) is 0 Å². The Kier molecular flexibility index (Phi) is 5.38. The summed E-state index contributed by atoms with van der Waals surface area (Å²) in [5.41, 5.74) is 7.97. The Morgan fingerprint density at radius 2 is 2.00 bits per heavy atom. The number of rotatable bonds is 6. The van der Waals surface area contributed by atoms with E-state index in [0.717, 1.165) is 16.9 Å². The zero-order chi connectivity index (χ0) is 18.5. The Morgan fingerprint density at radius 1 is 1.23 bits per heavy atom. The quantitative estimate of drug-likeness (QED) is 0.694. The summed E-state index contributed by atoms with van der Waals surface area (Å²) in [5, 5.41) is 11.3. The first kappa shape index (κ1) is 17.8. The highest BCUT2D eigenvalue weighted by Crippen LogP contribution is 2.15. The van der Waals surface area contributed by atoms with Crippen molar-refractivity contribution < 1.29 is 9.53 Å². The second-order valence-corrected chi connectivity index (χ2v) is 6.08. The number of methoxy groups -OCH3 is 1. The minimum atomic E-state index is -0.379. The summed E-state index contributed by atoms with van der Waals surface area (Å²) in [5.74, 6) is 0.584. The fraction of sp³-hybridized carbons (Fsp3) is 0.167. The molecule has 0 bridgehead atoms. The van der Waals surface area contributed by atoms with Gasteiger partial charge in [-0.05, 0) is 35.4 Å². The van der Waals surface area contributed by atoms with Gasteiger partial charge in [-0.1, -0.05) is 41.1 Å². The minimum Gasteiger partial charge on any atom is -0.497 e. The first-order valence-electron chi connectivity index (χ1n) is 7.91. The number of nitrogen functional groups attached to an aromatic ring is 1. The number of carbonyl (C=O) groups excluding carboxylic acids is 1. The molecule has 3 N–H and O–H groups in total. The monoisotopic (exact) mass is 371 g/mol. The Morgan fingerprint density at radius 3 is 2.69 bits per heavy atom. The minimum absolute atomic E-state index is 0.0977. The van der Waals surface area contributed by atoms with E-state index < -0.39 is 0 Å². The van der Waals surface area contributed by atoms with Crippen molar-refractivity contribution in [3.8, 4) is 5.75 Å². The normalized spacial score (nSPS) is 10.5. The molecule has 0 aliphatic heterocycles. The maximum atomic E-state index is 12.3. The van der Waals surface area contributed by atoms with Crippen molar-refractivity contribution in [2.24, 2.45) is 0 Å². The number of ether oxygens (including phenoxy) is 1. The van der Waals surface area contributed by atoms with Crippen LogP contribution in [0.3, 0.4) is 0 Å². The molecule has 0 unspecified atom stereocenters. The summed E-state index contributed by atoms with van der Waals surface area (Å²) >= 11 is 5.98. The third-order valence-electron chi connectivity index (χ3n) is 3.82. The first-order valence-corrected chi connectivity index (χ1v) is 8.29. The van der Waals surface area contributed by atoms with Gasteiger partial charge in [0, 0.05) is 11.6 Å². The van der Waals surface area contributed by atoms with Gasteiger partial charge in [-0.2, -0.15) is 0 Å². The second-order valence-electron chi connectivity index (χ2n) is 5.64. The second kappa shape index (κ2) is 7.88. The van der Waals surface area contributed by atoms with Crippen molar-refractivity contribution in [1.29, 1.82) is 0 Å². The van der Waals surface area contributed by atoms with Crippen LogP contribution in [-0.2, 0) is 13.1 Å². The van der Waals surface area contributed by atoms with E-state index in [1.165, 1.54) is 4.68 Å². The highest BCUT2D eigenvalue weighted by atomic mass is 35.5. The van der Waals surface area contributed by atoms with Crippen molar-refractivity contribution in [2.75, 3.05) is 12.8 Å². The van der Waals surface area contributed by atoms with Gasteiger partial charge in [0.15, 0.2) is 11.5 Å². The molecule has 3 rings (SSSR count). The van der Waals surface area contributed by atoms with Crippen molar-refractivity contribution in [2.45, 2.75) is 13.1 Å². The standard InChI is InChI=1S/C18H18ClN5O2/c1-26-15-7-5-12(6-8-15)10-21-18(25)16-17(20)24(23-22-16)11-13-3-2-4-14(19)9-13/h2-9H,10-11,20H2,1H3,(H,21,25). The third-order valence-corrected chi connectivity index (χ3v) is 4.06. The Labute approximate surface area is 155 Å². The van der Waals surface area contributed by atoms with E-state index in [4.69, 9.17) is 22.1 Å². The molecular weight excluding hydrogens is 354 g/mol. The zero-order valence-electron chi connectivity index (χ0n) is 14.1. The predicted molar refractivity (Wildman–Crippen MR) is 99.2 cm³/mol. The number of nitrogens with one attached hydrogen (secondary N) is 1. The number of hydrogen-bond acceptors (Lipinski definition) is 5. The van der Waals surface area contributed by atoms with E-state index >= 15 is 0 Å². The fourth-order valence-corrected chi connectivity index (χ4v) is 2.63. The predicted octanol–water partition coefficient (Wildman–Crippen LogP) is 2.50. The molecule has 3 aromatic rings. The molecule has 0 aliphatic carbocycles. The van der Waals surface area contributed by atoms with Crippen LogP contribution in [0.2, 0.25) is 5.02 Å². The van der Waals surface area contributed by atoms with Crippen molar-refractivity contribution in [1.82, 2.24) is 20.3 Å². The van der Waals surface area contributed by atoms with Gasteiger partial charge < -0.3 is 15.8 Å². The lowest BCUT2D eigenvalue weighted by Gasteiger charge is -2.06. The Balaban J connectivity index is 1.65. The van der Waals surface area contributed by atoms with Crippen LogP contribution in [-0.4, -0.2) is 28.0 Å². The van der Waals surface area contributed by atoms with Crippen LogP contribution in [0.4, 0.5) is 5.82 Å². The molecule has 0 fully saturated rings. The fourth-order valence-electron chi connectivity index (χ4n) is 2.42. The molecule has 26 heavy (non-hydrogen) atoms. The van der Waals surface area contributed by atoms with Gasteiger partial charge in [0.05, 0.1) is 13.7 Å². The van der Waals surface area contributed by atoms with Crippen LogP contribution >= 0.6 is 11.6 Å². The van der Waals surface area contributed by atoms with Crippen LogP contribution in [0.15, 0.2) is 48.5 Å². The van der Waals surface area contributed by atoms with E-state index in [9.17, 15) is 4.79 Å². The molecule has 0 spiro atoms. The van der Waals surface area contributed by atoms with Gasteiger partial charge in [0.1, 0.15) is 5.75 Å². The summed E-state index contributed by atoms with van der Waals surface area (Å²) in [6.45, 7) is 0.731. The molecule has 1 heterocycles. The first-order chi connectivity index (χ1) is 12.6. The molecule has 0 atom stereocenters. The van der Waals surface area contributed by atoms with Gasteiger partial charge >= 0.3 is 0 Å². The number of hydrogen-bond donors (Lipinski definition) is 2. The van der Waals surface area contributed by atoms with Crippen LogP contribution in [0.1, 0.15) is 21.6 Å². The molecule has 8 heteroatoms. The number of aromatic nitrogens is 3. The largest absolute Gasteiger partial charge is 0.497 e. The molecule has 0 saturated heterocycles. The molecule has 134 valence electrons. The molecule has 0 aliphatic rings. The summed E-state index contributed by atoms with van der Waals surface area (Å²) in [6, 6.07) is 14.7. The number of halogens is 1. The van der Waals surface area contributed by atoms with E-state index in [-0.39, 0.29) is 17.4 Å². The summed E-state index contributed by atoms with van der Waals surface area (Å²) in [6.07, 6.45) is 0. The van der Waals surface area contributed by atoms with Crippen LogP contribution in [0.25, 0.3) is 0 Å². The van der Waals surface area contributed by atoms with Crippen LogP contribution in [0.5, 0.6) is 5.75 Å². The van der Waals surface area contributed by atoms with Gasteiger partial charge in [-0.25, -0.2) is 4.68 Å². The Hall–Kier alpha value is -3.06. The molecule has 0 radical (unpaired) electrons. The molecule has 1 amide bonds. The smallest absolute Gasteiger partial charge is 0.275 e. The number of benzene rings is 2. The van der Waals surface area contributed by atoms with Gasteiger partial charge in [-0.3, -0.25) is 4.79 Å². The van der Waals surface area contributed by atoms with Gasteiger partial charge in [0.25, 0.3) is 5.91 Å². The Bertz CT molecular complexity index is 908. The number of amides is 1. The average Bonchev–Trinajstić information content (AvgIpc) is 3.01. The average molecular weight is 372 g/mol. The molecule has 2 aromatic carbocycles. The molecule has 1 aromatic heterocycles. The van der Waals surface area contributed by atoms with E-state index in [2.05, 4.69) is 15.6 Å². The van der Waals surface area contributed by atoms with Crippen molar-refractivity contribution >= 4 is 23.3 Å². The van der Waals surface area contributed by atoms with E-state index in [1.54, 1.807) is 13.2 Å². The molecule has 0 saturated carbocycles. The summed E-state index contributed by atoms with van der Waals surface area (Å²) in [7, 11) is 1.60. The topological polar surface area (TPSA) is 95.1 Å². The molecule has 7 nitrogen and oxygen atoms in total. The summed E-state index contributed by atoms with van der Waals surface area (Å²) in [4.78, 5) is 12.3. The number of carbonyl (C=O) groups is 1. The van der Waals surface area contributed by atoms with Gasteiger partial charge in [0.2, 0.25) is 0 Å². The zero-order valence-corrected chi connectivity index (χ0v) is 14.9. The maximum Gasteiger partial charge on any atom is 0.275 e. The van der Waals surface area contributed by atoms with E-state index in [1.807, 2.05) is 42.5 Å². The van der Waals surface area contributed by atoms with Gasteiger partial charge in [-0.15, -0.1) is 5.10 Å². The van der Waals surface area contributed by atoms with Crippen molar-refractivity contribution in [3.63, 3.8) is 0 Å². The third kappa shape index (κ3) is 4.12. The summed E-state index contributed by atoms with van der Waals surface area (Å²) < 4.78 is 6.57. The number of anilines is 1.